The van der Waals surface area contributed by atoms with E-state index in [0.717, 1.165) is 15.4 Å². The first-order valence-electron chi connectivity index (χ1n) is 12.5. The Kier molecular flexibility index (Phi) is 9.99. The molecule has 3 rings (SSSR count). The Hall–Kier alpha value is -3.56. The van der Waals surface area contributed by atoms with Gasteiger partial charge in [-0.25, -0.2) is 8.42 Å². The highest BCUT2D eigenvalue weighted by Gasteiger charge is 2.34. The largest absolute Gasteiger partial charge is 0.495 e. The Balaban J connectivity index is 2.08. The van der Waals surface area contributed by atoms with Crippen molar-refractivity contribution in [1.29, 1.82) is 0 Å². The van der Waals surface area contributed by atoms with E-state index in [1.165, 1.54) is 30.2 Å². The number of nitrogens with one attached hydrogen (secondary N) is 1. The fourth-order valence-electron chi connectivity index (χ4n) is 3.97. The van der Waals surface area contributed by atoms with Crippen LogP contribution in [0.4, 0.5) is 5.69 Å². The van der Waals surface area contributed by atoms with Crippen LogP contribution in [-0.4, -0.2) is 50.9 Å². The van der Waals surface area contributed by atoms with Crippen molar-refractivity contribution in [3.63, 3.8) is 0 Å². The van der Waals surface area contributed by atoms with Gasteiger partial charge in [-0.1, -0.05) is 59.6 Å². The maximum absolute atomic E-state index is 14.0. The van der Waals surface area contributed by atoms with Gasteiger partial charge in [0.25, 0.3) is 10.0 Å². The lowest BCUT2D eigenvalue weighted by atomic mass is 10.1. The number of benzene rings is 3. The van der Waals surface area contributed by atoms with Gasteiger partial charge in [0, 0.05) is 17.6 Å². The Morgan fingerprint density at radius 3 is 2.21 bits per heavy atom. The normalized spacial score (nSPS) is 12.1. The van der Waals surface area contributed by atoms with Gasteiger partial charge >= 0.3 is 0 Å². The van der Waals surface area contributed by atoms with E-state index in [1.807, 2.05) is 45.0 Å². The number of anilines is 1. The van der Waals surface area contributed by atoms with Crippen LogP contribution < -0.4 is 14.4 Å². The summed E-state index contributed by atoms with van der Waals surface area (Å²) in [7, 11) is -2.82. The molecule has 0 saturated carbocycles. The van der Waals surface area contributed by atoms with E-state index in [0.29, 0.717) is 0 Å². The van der Waals surface area contributed by atoms with Crippen LogP contribution in [0.2, 0.25) is 5.02 Å². The van der Waals surface area contributed by atoms with Crippen molar-refractivity contribution in [3.8, 4) is 5.75 Å². The van der Waals surface area contributed by atoms with Crippen LogP contribution in [-0.2, 0) is 26.2 Å². The number of sulfonamides is 1. The monoisotopic (exact) mass is 571 g/mol. The highest BCUT2D eigenvalue weighted by Crippen LogP contribution is 2.35. The number of hydrogen-bond donors (Lipinski definition) is 1. The Labute approximate surface area is 235 Å². The summed E-state index contributed by atoms with van der Waals surface area (Å²) < 4.78 is 34.2. The molecule has 0 radical (unpaired) electrons. The molecule has 0 heterocycles. The number of halogens is 1. The van der Waals surface area contributed by atoms with Gasteiger partial charge in [0.1, 0.15) is 18.3 Å². The quantitative estimate of drug-likeness (QED) is 0.357. The molecular formula is C29H34ClN3O5S. The molecule has 0 spiro atoms. The summed E-state index contributed by atoms with van der Waals surface area (Å²) >= 11 is 6.25. The zero-order chi connectivity index (χ0) is 28.7. The molecule has 0 saturated heterocycles. The van der Waals surface area contributed by atoms with Crippen LogP contribution in [0.5, 0.6) is 5.75 Å². The van der Waals surface area contributed by atoms with Crippen molar-refractivity contribution >= 4 is 39.1 Å². The van der Waals surface area contributed by atoms with Crippen molar-refractivity contribution in [2.75, 3.05) is 18.0 Å². The first-order chi connectivity index (χ1) is 18.4. The molecule has 0 bridgehead atoms. The minimum atomic E-state index is -4.23. The first kappa shape index (κ1) is 30.0. The number of hydrogen-bond acceptors (Lipinski definition) is 5. The Bertz CT molecular complexity index is 1400. The highest BCUT2D eigenvalue weighted by molar-refractivity contribution is 7.92. The number of nitrogens with zero attached hydrogens (tertiary/aromatic N) is 2. The summed E-state index contributed by atoms with van der Waals surface area (Å²) in [6.45, 7) is 6.76. The lowest BCUT2D eigenvalue weighted by Gasteiger charge is -2.32. The van der Waals surface area contributed by atoms with Crippen LogP contribution in [0.25, 0.3) is 0 Å². The van der Waals surface area contributed by atoms with Crippen molar-refractivity contribution in [2.24, 2.45) is 0 Å². The maximum Gasteiger partial charge on any atom is 0.264 e. The number of carbonyl (C=O) groups is 2. The molecule has 1 atom stereocenters. The summed E-state index contributed by atoms with van der Waals surface area (Å²) in [5, 5.41) is 3.11. The van der Waals surface area contributed by atoms with Gasteiger partial charge in [-0.2, -0.15) is 0 Å². The minimum Gasteiger partial charge on any atom is -0.495 e. The fraction of sp³-hybridized carbons (Fsp3) is 0.310. The minimum absolute atomic E-state index is 0.00416. The molecule has 0 aliphatic heterocycles. The van der Waals surface area contributed by atoms with E-state index in [-0.39, 0.29) is 39.8 Å². The number of methoxy groups -OCH3 is 1. The third-order valence-electron chi connectivity index (χ3n) is 6.09. The van der Waals surface area contributed by atoms with Crippen LogP contribution in [0.1, 0.15) is 31.9 Å². The van der Waals surface area contributed by atoms with Crippen LogP contribution in [0, 0.1) is 6.92 Å². The predicted octanol–water partition coefficient (Wildman–Crippen LogP) is 4.79. The SMILES string of the molecule is COc1ccc(Cl)cc1N(CC(=O)N(Cc1ccc(C)cc1)[C@H](C)C(=O)NC(C)C)S(=O)(=O)c1ccccc1. The van der Waals surface area contributed by atoms with Gasteiger partial charge in [0.15, 0.2) is 0 Å². The van der Waals surface area contributed by atoms with Gasteiger partial charge in [-0.15, -0.1) is 0 Å². The standard InChI is InChI=1S/C29H34ClN3O5S/c1-20(2)31-29(35)22(4)32(18-23-13-11-21(3)12-14-23)28(34)19-33(26-17-24(30)15-16-27(26)38-5)39(36,37)25-9-7-6-8-10-25/h6-17,20,22H,18-19H2,1-5H3,(H,31,35)/t22-/m1/s1. The smallest absolute Gasteiger partial charge is 0.264 e. The molecule has 39 heavy (non-hydrogen) atoms. The zero-order valence-corrected chi connectivity index (χ0v) is 24.3. The van der Waals surface area contributed by atoms with Crippen LogP contribution in [0.15, 0.2) is 77.7 Å². The van der Waals surface area contributed by atoms with Crippen molar-refractivity contribution < 1.29 is 22.7 Å². The van der Waals surface area contributed by atoms with Crippen molar-refractivity contribution in [3.05, 3.63) is 88.9 Å². The average molecular weight is 572 g/mol. The molecule has 0 aliphatic rings. The third-order valence-corrected chi connectivity index (χ3v) is 8.10. The molecule has 2 amide bonds. The molecule has 0 aromatic heterocycles. The van der Waals surface area contributed by atoms with Gasteiger partial charge in [-0.3, -0.25) is 13.9 Å². The van der Waals surface area contributed by atoms with Gasteiger partial charge in [-0.05, 0) is 63.6 Å². The number of aryl methyl sites for hydroxylation is 1. The van der Waals surface area contributed by atoms with Crippen LogP contribution >= 0.6 is 11.6 Å². The first-order valence-corrected chi connectivity index (χ1v) is 14.3. The Morgan fingerprint density at radius 2 is 1.62 bits per heavy atom. The average Bonchev–Trinajstić information content (AvgIpc) is 2.90. The van der Waals surface area contributed by atoms with E-state index in [1.54, 1.807) is 37.3 Å². The van der Waals surface area contributed by atoms with Gasteiger partial charge in [0.05, 0.1) is 17.7 Å². The Morgan fingerprint density at radius 1 is 0.974 bits per heavy atom. The second-order valence-corrected chi connectivity index (χ2v) is 11.8. The molecular weight excluding hydrogens is 538 g/mol. The molecule has 10 heteroatoms. The van der Waals surface area contributed by atoms with Gasteiger partial charge < -0.3 is 15.0 Å². The molecule has 8 nitrogen and oxygen atoms in total. The third kappa shape index (κ3) is 7.52. The zero-order valence-electron chi connectivity index (χ0n) is 22.7. The summed E-state index contributed by atoms with van der Waals surface area (Å²) in [5.74, 6) is -0.686. The number of ether oxygens (including phenoxy) is 1. The summed E-state index contributed by atoms with van der Waals surface area (Å²) in [5.41, 5.74) is 1.96. The fourth-order valence-corrected chi connectivity index (χ4v) is 5.57. The molecule has 1 N–H and O–H groups in total. The van der Waals surface area contributed by atoms with Crippen LogP contribution in [0.3, 0.4) is 0 Å². The number of carbonyl (C=O) groups excluding carboxylic acids is 2. The second kappa shape index (κ2) is 13.0. The topological polar surface area (TPSA) is 96.0 Å². The lowest BCUT2D eigenvalue weighted by Crippen LogP contribution is -2.52. The highest BCUT2D eigenvalue weighted by atomic mass is 35.5. The van der Waals surface area contributed by atoms with Crippen molar-refractivity contribution in [1.82, 2.24) is 10.2 Å². The second-order valence-electron chi connectivity index (χ2n) is 9.49. The molecule has 0 aliphatic carbocycles. The lowest BCUT2D eigenvalue weighted by molar-refractivity contribution is -0.139. The molecule has 0 fully saturated rings. The van der Waals surface area contributed by atoms with E-state index in [9.17, 15) is 18.0 Å². The maximum atomic E-state index is 14.0. The number of rotatable bonds is 11. The van der Waals surface area contributed by atoms with E-state index >= 15 is 0 Å². The number of amides is 2. The van der Waals surface area contributed by atoms with E-state index in [2.05, 4.69) is 5.32 Å². The molecule has 208 valence electrons. The van der Waals surface area contributed by atoms with E-state index in [4.69, 9.17) is 16.3 Å². The predicted molar refractivity (Wildman–Crippen MR) is 153 cm³/mol. The van der Waals surface area contributed by atoms with E-state index < -0.39 is 28.5 Å². The molecule has 0 unspecified atom stereocenters. The van der Waals surface area contributed by atoms with Crippen molar-refractivity contribution in [2.45, 2.75) is 51.2 Å². The molecule has 3 aromatic rings. The summed E-state index contributed by atoms with van der Waals surface area (Å²) in [6.07, 6.45) is 0. The van der Waals surface area contributed by atoms with Gasteiger partial charge in [0.2, 0.25) is 11.8 Å². The summed E-state index contributed by atoms with van der Waals surface area (Å²) in [4.78, 5) is 28.3. The molecule has 3 aromatic carbocycles. The summed E-state index contributed by atoms with van der Waals surface area (Å²) in [6, 6.07) is 18.9.